The molecule has 0 N–H and O–H groups in total. The van der Waals surface area contributed by atoms with Gasteiger partial charge in [0.25, 0.3) is 0 Å². The molecule has 2 aromatic heterocycles. The molecule has 8 aromatic carbocycles. The van der Waals surface area contributed by atoms with Gasteiger partial charge in [0.1, 0.15) is 0 Å². The van der Waals surface area contributed by atoms with E-state index in [4.69, 9.17) is 0 Å². The summed E-state index contributed by atoms with van der Waals surface area (Å²) < 4.78 is 5.03. The molecule has 2 aliphatic carbocycles. The fraction of sp³-hybridized carbons (Fsp3) is 0.0943. The zero-order valence-electron chi connectivity index (χ0n) is 31.0. The normalized spacial score (nSPS) is 14.3. The summed E-state index contributed by atoms with van der Waals surface area (Å²) in [6, 6.07) is 67.9. The van der Waals surface area contributed by atoms with Gasteiger partial charge in [-0.05, 0) is 113 Å². The lowest BCUT2D eigenvalue weighted by Gasteiger charge is -2.27. The molecule has 0 aliphatic heterocycles. The highest BCUT2D eigenvalue weighted by Crippen LogP contribution is 2.57. The Kier molecular flexibility index (Phi) is 7.00. The van der Waals surface area contributed by atoms with Gasteiger partial charge in [0.2, 0.25) is 0 Å². The molecule has 12 rings (SSSR count). The van der Waals surface area contributed by atoms with E-state index in [1.165, 1.54) is 101 Å². The molecule has 2 heterocycles. The lowest BCUT2D eigenvalue weighted by molar-refractivity contribution is 0.550. The second kappa shape index (κ2) is 12.3. The second-order valence-electron chi connectivity index (χ2n) is 15.6. The molecule has 2 aliphatic rings. The van der Waals surface area contributed by atoms with Crippen LogP contribution >= 0.6 is 11.3 Å². The van der Waals surface area contributed by atoms with Crippen LogP contribution in [0.15, 0.2) is 182 Å². The zero-order chi connectivity index (χ0) is 36.8. The van der Waals surface area contributed by atoms with Gasteiger partial charge >= 0.3 is 0 Å². The number of thiophene rings is 1. The number of rotatable bonds is 5. The van der Waals surface area contributed by atoms with E-state index in [1.54, 1.807) is 0 Å². The van der Waals surface area contributed by atoms with E-state index >= 15 is 0 Å². The van der Waals surface area contributed by atoms with E-state index in [0.717, 1.165) is 22.7 Å². The van der Waals surface area contributed by atoms with Crippen LogP contribution in [-0.2, 0) is 5.41 Å². The van der Waals surface area contributed by atoms with Crippen molar-refractivity contribution in [2.75, 3.05) is 4.90 Å². The van der Waals surface area contributed by atoms with Gasteiger partial charge in [-0.3, -0.25) is 0 Å². The summed E-state index contributed by atoms with van der Waals surface area (Å²) in [6.45, 7) is 0. The van der Waals surface area contributed by atoms with E-state index < -0.39 is 0 Å². The van der Waals surface area contributed by atoms with Crippen molar-refractivity contribution in [1.29, 1.82) is 0 Å². The van der Waals surface area contributed by atoms with Gasteiger partial charge in [0, 0.05) is 59.1 Å². The van der Waals surface area contributed by atoms with Gasteiger partial charge in [-0.15, -0.1) is 11.3 Å². The van der Waals surface area contributed by atoms with Gasteiger partial charge < -0.3 is 9.47 Å². The average molecular weight is 735 g/mol. The van der Waals surface area contributed by atoms with Gasteiger partial charge in [-0.2, -0.15) is 0 Å². The van der Waals surface area contributed by atoms with E-state index in [0.29, 0.717) is 0 Å². The molecule has 0 atom stereocenters. The van der Waals surface area contributed by atoms with Crippen molar-refractivity contribution in [3.8, 4) is 27.9 Å². The Morgan fingerprint density at radius 2 is 1.05 bits per heavy atom. The minimum atomic E-state index is 0.158. The third-order valence-corrected chi connectivity index (χ3v) is 13.9. The quantitative estimate of drug-likeness (QED) is 0.171. The van der Waals surface area contributed by atoms with Gasteiger partial charge in [-0.1, -0.05) is 128 Å². The van der Waals surface area contributed by atoms with Gasteiger partial charge in [0.05, 0.1) is 11.0 Å². The SMILES string of the molecule is c1ccc(-n2c3ccccc3c3ccc(N(c4ccc(-c5ccc6c(c5)C5(CCCC5)c5ccccc5-6)cc4)c4ccc5c(c4)sc4ccccc45)cc32)cc1. The van der Waals surface area contributed by atoms with Crippen molar-refractivity contribution < 1.29 is 0 Å². The maximum atomic E-state index is 2.51. The first-order valence-electron chi connectivity index (χ1n) is 19.9. The van der Waals surface area contributed by atoms with Crippen molar-refractivity contribution in [2.45, 2.75) is 31.1 Å². The highest BCUT2D eigenvalue weighted by molar-refractivity contribution is 7.25. The van der Waals surface area contributed by atoms with E-state index in [2.05, 4.69) is 191 Å². The highest BCUT2D eigenvalue weighted by atomic mass is 32.1. The monoisotopic (exact) mass is 734 g/mol. The summed E-state index contributed by atoms with van der Waals surface area (Å²) in [5, 5.41) is 5.14. The van der Waals surface area contributed by atoms with Crippen LogP contribution in [0.3, 0.4) is 0 Å². The molecule has 1 saturated carbocycles. The molecule has 3 heteroatoms. The predicted octanol–water partition coefficient (Wildman–Crippen LogP) is 15.1. The van der Waals surface area contributed by atoms with Gasteiger partial charge in [0.15, 0.2) is 0 Å². The maximum Gasteiger partial charge on any atom is 0.0561 e. The first-order valence-corrected chi connectivity index (χ1v) is 20.7. The summed E-state index contributed by atoms with van der Waals surface area (Å²) >= 11 is 1.87. The third kappa shape index (κ3) is 4.68. The summed E-state index contributed by atoms with van der Waals surface area (Å²) in [5.41, 5.74) is 15.6. The Balaban J connectivity index is 1.01. The molecule has 266 valence electrons. The number of anilines is 3. The third-order valence-electron chi connectivity index (χ3n) is 12.7. The number of hydrogen-bond donors (Lipinski definition) is 0. The topological polar surface area (TPSA) is 8.17 Å². The molecule has 0 amide bonds. The molecule has 0 saturated heterocycles. The van der Waals surface area contributed by atoms with Crippen LogP contribution in [0.5, 0.6) is 0 Å². The number of fused-ring (bicyclic) bond motifs is 11. The van der Waals surface area contributed by atoms with Crippen LogP contribution in [0.4, 0.5) is 17.1 Å². The largest absolute Gasteiger partial charge is 0.310 e. The molecule has 2 nitrogen and oxygen atoms in total. The molecular weight excluding hydrogens is 697 g/mol. The molecule has 0 unspecified atom stereocenters. The first kappa shape index (κ1) is 31.9. The Bertz CT molecular complexity index is 3140. The minimum Gasteiger partial charge on any atom is -0.310 e. The number of benzene rings is 8. The number of nitrogens with zero attached hydrogens (tertiary/aromatic N) is 2. The van der Waals surface area contributed by atoms with Crippen LogP contribution in [0.2, 0.25) is 0 Å². The Morgan fingerprint density at radius 3 is 1.91 bits per heavy atom. The molecule has 1 fully saturated rings. The zero-order valence-corrected chi connectivity index (χ0v) is 31.8. The molecule has 0 bridgehead atoms. The van der Waals surface area contributed by atoms with Crippen LogP contribution in [0.25, 0.3) is 69.9 Å². The van der Waals surface area contributed by atoms with Crippen molar-refractivity contribution in [3.63, 3.8) is 0 Å². The van der Waals surface area contributed by atoms with Crippen molar-refractivity contribution in [1.82, 2.24) is 4.57 Å². The number of aromatic nitrogens is 1. The standard InChI is InChI=1S/C53H38N2S/c1-2-12-37(13-3-1)55-49-18-8-5-15-43(49)44-28-25-39(33-50(44)55)54(40-26-29-46-45-16-6-9-19-51(45)56-52(46)34-40)38-23-20-35(21-24-38)36-22-27-42-41-14-4-7-17-47(41)53(48(42)32-36)30-10-11-31-53/h1-9,12-29,32-34H,10-11,30-31H2. The number of hydrogen-bond acceptors (Lipinski definition) is 2. The van der Waals surface area contributed by atoms with Crippen LogP contribution < -0.4 is 4.90 Å². The minimum absolute atomic E-state index is 0.158. The Labute approximate surface area is 330 Å². The maximum absolute atomic E-state index is 2.51. The Hall–Kier alpha value is -6.42. The predicted molar refractivity (Wildman–Crippen MR) is 238 cm³/mol. The van der Waals surface area contributed by atoms with Crippen LogP contribution in [-0.4, -0.2) is 4.57 Å². The van der Waals surface area contributed by atoms with Gasteiger partial charge in [-0.25, -0.2) is 0 Å². The lowest BCUT2D eigenvalue weighted by atomic mass is 9.76. The lowest BCUT2D eigenvalue weighted by Crippen LogP contribution is -2.20. The fourth-order valence-corrected chi connectivity index (χ4v) is 11.3. The molecular formula is C53H38N2S. The first-order chi connectivity index (χ1) is 27.7. The van der Waals surface area contributed by atoms with E-state index in [9.17, 15) is 0 Å². The molecule has 1 spiro atoms. The number of para-hydroxylation sites is 2. The summed E-state index contributed by atoms with van der Waals surface area (Å²) in [7, 11) is 0. The van der Waals surface area contributed by atoms with E-state index in [-0.39, 0.29) is 5.41 Å². The van der Waals surface area contributed by atoms with Crippen LogP contribution in [0.1, 0.15) is 36.8 Å². The smallest absolute Gasteiger partial charge is 0.0561 e. The van der Waals surface area contributed by atoms with E-state index in [1.807, 2.05) is 11.3 Å². The van der Waals surface area contributed by atoms with Crippen molar-refractivity contribution in [3.05, 3.63) is 193 Å². The highest BCUT2D eigenvalue weighted by Gasteiger charge is 2.44. The molecule has 56 heavy (non-hydrogen) atoms. The summed E-state index contributed by atoms with van der Waals surface area (Å²) in [6.07, 6.45) is 5.08. The fourth-order valence-electron chi connectivity index (χ4n) is 10.2. The van der Waals surface area contributed by atoms with Crippen LogP contribution in [0, 0.1) is 0 Å². The average Bonchev–Trinajstić information content (AvgIpc) is 4.04. The van der Waals surface area contributed by atoms with Crippen molar-refractivity contribution in [2.24, 2.45) is 0 Å². The van der Waals surface area contributed by atoms with Crippen molar-refractivity contribution >= 4 is 70.4 Å². The summed E-state index contributed by atoms with van der Waals surface area (Å²) in [5.74, 6) is 0. The molecule has 10 aromatic rings. The second-order valence-corrected chi connectivity index (χ2v) is 16.7. The summed E-state index contributed by atoms with van der Waals surface area (Å²) in [4.78, 5) is 2.44. The Morgan fingerprint density at radius 1 is 0.429 bits per heavy atom. The molecule has 0 radical (unpaired) electrons.